The Labute approximate surface area is 687 Å². The van der Waals surface area contributed by atoms with Crippen LogP contribution in [0.15, 0.2) is 0 Å². The first-order chi connectivity index (χ1) is 53.7. The van der Waals surface area contributed by atoms with E-state index in [-0.39, 0.29) is 87.9 Å². The van der Waals surface area contributed by atoms with E-state index in [0.29, 0.717) is 57.3 Å². The third kappa shape index (κ3) is 27.8. The molecule has 5 rings (SSSR count). The summed E-state index contributed by atoms with van der Waals surface area (Å²) in [5.74, 6) is -9.73. The number of hydrogen-bond acceptors (Lipinski definition) is 18. The summed E-state index contributed by atoms with van der Waals surface area (Å²) >= 11 is 0. The molecule has 5 fully saturated rings. The fraction of sp³-hybridized carbons (Fsp3) is 0.805. The Balaban J connectivity index is 1.08. The first-order valence-corrected chi connectivity index (χ1v) is 42.1. The number of carbonyl (C=O) groups is 16. The Morgan fingerprint density at radius 1 is 0.379 bits per heavy atom. The Morgan fingerprint density at radius 2 is 0.810 bits per heavy atom. The van der Waals surface area contributed by atoms with E-state index in [9.17, 15) is 76.7 Å². The zero-order valence-electron chi connectivity index (χ0n) is 73.5. The topological polar surface area (TPSA) is 446 Å². The molecule has 5 heterocycles. The van der Waals surface area contributed by atoms with Crippen molar-refractivity contribution in [3.63, 3.8) is 0 Å². The van der Waals surface area contributed by atoms with Crippen LogP contribution in [0.25, 0.3) is 0 Å². The van der Waals surface area contributed by atoms with E-state index in [1.54, 1.807) is 20.8 Å². The largest absolute Gasteiger partial charge is 0.354 e. The number of fused-ring (bicyclic) bond motifs is 1. The van der Waals surface area contributed by atoms with Crippen molar-refractivity contribution in [2.45, 2.75) is 349 Å². The van der Waals surface area contributed by atoms with Crippen LogP contribution in [0.4, 0.5) is 0 Å². The Morgan fingerprint density at radius 3 is 1.31 bits per heavy atom. The van der Waals surface area contributed by atoms with Crippen molar-refractivity contribution in [3.8, 4) is 0 Å². The molecule has 0 radical (unpaired) electrons. The van der Waals surface area contributed by atoms with E-state index in [1.165, 1.54) is 97.8 Å². The summed E-state index contributed by atoms with van der Waals surface area (Å²) in [7, 11) is 0. The fourth-order valence-corrected chi connectivity index (χ4v) is 15.5. The lowest BCUT2D eigenvalue weighted by molar-refractivity contribution is -0.150. The van der Waals surface area contributed by atoms with E-state index in [1.807, 2.05) is 34.6 Å². The Kier molecular flexibility index (Phi) is 35.2. The number of rotatable bonds is 38. The van der Waals surface area contributed by atoms with Crippen LogP contribution >= 0.6 is 0 Å². The van der Waals surface area contributed by atoms with Gasteiger partial charge < -0.3 is 83.8 Å². The third-order valence-corrected chi connectivity index (χ3v) is 22.6. The minimum absolute atomic E-state index is 0.0668. The normalized spacial score (nSPS) is 20.2. The summed E-state index contributed by atoms with van der Waals surface area (Å²) < 4.78 is 0. The predicted molar refractivity (Wildman–Crippen MR) is 437 cm³/mol. The molecule has 0 bridgehead atoms. The molecule has 5 aliphatic rings. The van der Waals surface area contributed by atoms with Gasteiger partial charge in [-0.2, -0.15) is 0 Å². The molecular weight excluding hydrogens is 1490 g/mol. The van der Waals surface area contributed by atoms with Crippen LogP contribution in [0, 0.1) is 17.8 Å². The molecule has 116 heavy (non-hydrogen) atoms. The second kappa shape index (κ2) is 41.7. The van der Waals surface area contributed by atoms with Gasteiger partial charge in [0.25, 0.3) is 0 Å². The van der Waals surface area contributed by atoms with Gasteiger partial charge in [-0.15, -0.1) is 0 Å². The average molecular weight is 1640 g/mol. The van der Waals surface area contributed by atoms with Gasteiger partial charge in [0.1, 0.15) is 75.0 Å². The van der Waals surface area contributed by atoms with E-state index >= 15 is 0 Å². The second-order valence-corrected chi connectivity index (χ2v) is 37.3. The van der Waals surface area contributed by atoms with Crippen molar-refractivity contribution in [2.75, 3.05) is 58.9 Å². The molecule has 0 aliphatic carbocycles. The maximum Gasteiger partial charge on any atom is 0.248 e. The highest BCUT2D eigenvalue weighted by molar-refractivity contribution is 6.03. The van der Waals surface area contributed by atoms with Gasteiger partial charge >= 0.3 is 0 Å². The minimum Gasteiger partial charge on any atom is -0.354 e. The van der Waals surface area contributed by atoms with Gasteiger partial charge in [0.15, 0.2) is 0 Å². The number of amides is 16. The quantitative estimate of drug-likeness (QED) is 0.0418. The summed E-state index contributed by atoms with van der Waals surface area (Å²) in [4.78, 5) is 231. The molecule has 9 unspecified atom stereocenters. The van der Waals surface area contributed by atoms with Crippen LogP contribution in [0.2, 0.25) is 0 Å². The maximum absolute atomic E-state index is 14.5. The van der Waals surface area contributed by atoms with Gasteiger partial charge in [-0.1, -0.05) is 48.5 Å². The first-order valence-electron chi connectivity index (χ1n) is 42.1. The standard InChI is InChI=1S/C82H142N18O16/c1-23-82(22,73(114)86-54(44-49(2)3)48-97-40-31-39-96-38-30-35-62(96)97)93-65(106)56(46-51(6)7)87-63(104)52(8)85-69(110)76(10,11)90-67(108)58-33-26-29-43-100(58)75(116)81(20,21)95-71(112)78(14,15)89-61(103)47-84-60(102)36-37-83-64(105)55(45-50(4)5)88-70(111)77(12,13)94-72(113)79(16,17)91-68(109)59-34-25-28-42-99(59)74(115)80(18,19)92-66(107)57-32-24-27-41-98(57)53(9)101/h49-52,54-59,62H,23-48H2,1-22H3,(H,83,105)(H,84,102)(H,85,110)(H,86,114)(H,87,104)(H,88,111)(H,89,103)(H,90,108)(H,91,109)(H,92,107)(H,93,106)(H,94,113)(H,95,112). The summed E-state index contributed by atoms with van der Waals surface area (Å²) in [6.45, 7) is 39.1. The molecule has 16 amide bonds. The monoisotopic (exact) mass is 1640 g/mol. The summed E-state index contributed by atoms with van der Waals surface area (Å²) in [5, 5.41) is 35.7. The molecule has 0 aromatic carbocycles. The van der Waals surface area contributed by atoms with E-state index in [4.69, 9.17) is 0 Å². The molecule has 0 saturated carbocycles. The second-order valence-electron chi connectivity index (χ2n) is 37.3. The number of piperidine rings is 3. The number of hydrogen-bond donors (Lipinski definition) is 13. The maximum atomic E-state index is 14.5. The molecular formula is C82H142N18O16. The number of carbonyl (C=O) groups excluding carboxylic acids is 16. The molecule has 5 saturated heterocycles. The average Bonchev–Trinajstić information content (AvgIpc) is 0.910. The van der Waals surface area contributed by atoms with Crippen molar-refractivity contribution in [3.05, 3.63) is 0 Å². The van der Waals surface area contributed by atoms with Crippen molar-refractivity contribution >= 4 is 94.5 Å². The van der Waals surface area contributed by atoms with Gasteiger partial charge in [-0.05, 0) is 224 Å². The van der Waals surface area contributed by atoms with E-state index < -0.39 is 164 Å². The van der Waals surface area contributed by atoms with Crippen LogP contribution in [0.3, 0.4) is 0 Å². The number of nitrogens with zero attached hydrogens (tertiary/aromatic N) is 5. The van der Waals surface area contributed by atoms with E-state index in [0.717, 1.165) is 58.2 Å². The smallest absolute Gasteiger partial charge is 0.248 e. The SMILES string of the molecule is CCC(C)(NC(=O)C(CC(C)C)NC(=O)C(C)NC(=O)C(C)(C)NC(=O)C1CCCCN1C(=O)C(C)(C)NC(=O)C(C)(C)NC(=O)CNC(=O)CCNC(=O)C(CC(C)C)NC(=O)C(C)(C)NC(=O)C(C)(C)NC(=O)C1CCCCN1C(=O)C(C)(C)NC(=O)C1CCCCN1C(C)=O)C(=O)NC(CC(C)C)CN1CCCN2CCCC21. The zero-order chi connectivity index (χ0) is 87.6. The highest BCUT2D eigenvalue weighted by Crippen LogP contribution is 2.29. The van der Waals surface area contributed by atoms with Crippen LogP contribution < -0.4 is 69.1 Å². The van der Waals surface area contributed by atoms with Crippen molar-refractivity contribution < 1.29 is 76.7 Å². The van der Waals surface area contributed by atoms with Gasteiger partial charge in [-0.25, -0.2) is 0 Å². The van der Waals surface area contributed by atoms with Crippen LogP contribution in [0.5, 0.6) is 0 Å². The molecule has 0 spiro atoms. The highest BCUT2D eigenvalue weighted by Gasteiger charge is 2.49. The Bertz CT molecular complexity index is 3560. The predicted octanol–water partition coefficient (Wildman–Crippen LogP) is 1.65. The van der Waals surface area contributed by atoms with Gasteiger partial charge in [-0.3, -0.25) is 86.5 Å². The summed E-state index contributed by atoms with van der Waals surface area (Å²) in [6, 6.07) is -6.40. The lowest BCUT2D eigenvalue weighted by Gasteiger charge is -2.42. The van der Waals surface area contributed by atoms with Gasteiger partial charge in [0, 0.05) is 65.2 Å². The molecule has 5 aliphatic heterocycles. The highest BCUT2D eigenvalue weighted by atomic mass is 16.2. The van der Waals surface area contributed by atoms with Crippen LogP contribution in [-0.4, -0.2) is 265 Å². The summed E-state index contributed by atoms with van der Waals surface area (Å²) in [6.07, 6.45) is 9.42. The van der Waals surface area contributed by atoms with Crippen LogP contribution in [-0.2, 0) is 76.7 Å². The van der Waals surface area contributed by atoms with Crippen LogP contribution in [0.1, 0.15) is 261 Å². The molecule has 9 atom stereocenters. The lowest BCUT2D eigenvalue weighted by Crippen LogP contribution is -2.67. The van der Waals surface area contributed by atoms with Crippen molar-refractivity contribution in [2.24, 2.45) is 17.8 Å². The fourth-order valence-electron chi connectivity index (χ4n) is 15.5. The minimum atomic E-state index is -1.67. The van der Waals surface area contributed by atoms with Crippen molar-refractivity contribution in [1.82, 2.24) is 93.6 Å². The van der Waals surface area contributed by atoms with E-state index in [2.05, 4.69) is 92.8 Å². The Hall–Kier alpha value is -8.56. The van der Waals surface area contributed by atoms with Gasteiger partial charge in [0.2, 0.25) is 94.5 Å². The molecule has 13 N–H and O–H groups in total. The third-order valence-electron chi connectivity index (χ3n) is 22.6. The number of nitrogens with one attached hydrogen (secondary N) is 13. The molecule has 656 valence electrons. The van der Waals surface area contributed by atoms with Gasteiger partial charge in [0.05, 0.1) is 12.7 Å². The molecule has 0 aromatic rings. The molecule has 0 aromatic heterocycles. The summed E-state index contributed by atoms with van der Waals surface area (Å²) in [5.41, 5.74) is -11.1. The van der Waals surface area contributed by atoms with Crippen molar-refractivity contribution in [1.29, 1.82) is 0 Å². The number of likely N-dealkylation sites (tertiary alicyclic amines) is 3. The molecule has 34 heteroatoms. The zero-order valence-corrected chi connectivity index (χ0v) is 73.5. The molecule has 34 nitrogen and oxygen atoms in total. The first kappa shape index (κ1) is 98.0. The lowest BCUT2D eigenvalue weighted by atomic mass is 9.93.